The minimum absolute atomic E-state index is 0.188. The van der Waals surface area contributed by atoms with Gasteiger partial charge in [0.15, 0.2) is 18.1 Å². The van der Waals surface area contributed by atoms with Gasteiger partial charge in [-0.05, 0) is 42.7 Å². The number of amides is 1. The normalized spacial score (nSPS) is 10.2. The Kier molecular flexibility index (Phi) is 8.33. The van der Waals surface area contributed by atoms with Crippen LogP contribution in [0.5, 0.6) is 17.2 Å². The van der Waals surface area contributed by atoms with E-state index < -0.39 is 18.5 Å². The molecule has 0 radical (unpaired) electrons. The van der Waals surface area contributed by atoms with Crippen LogP contribution in [0.25, 0.3) is 0 Å². The van der Waals surface area contributed by atoms with Gasteiger partial charge in [0, 0.05) is 5.69 Å². The Bertz CT molecular complexity index is 807. The monoisotopic (exact) mass is 401 g/mol. The van der Waals surface area contributed by atoms with Crippen LogP contribution in [0, 0.1) is 0 Å². The minimum Gasteiger partial charge on any atom is -0.493 e. The molecule has 0 aromatic heterocycles. The molecule has 2 aromatic rings. The lowest BCUT2D eigenvalue weighted by Gasteiger charge is -2.13. The highest BCUT2D eigenvalue weighted by atomic mass is 16.5. The zero-order chi connectivity index (χ0) is 21.2. The van der Waals surface area contributed by atoms with Crippen molar-refractivity contribution >= 4 is 17.6 Å². The summed E-state index contributed by atoms with van der Waals surface area (Å²) in [6, 6.07) is 10.6. The number of nitrogens with one attached hydrogen (secondary N) is 1. The van der Waals surface area contributed by atoms with Crippen molar-refractivity contribution in [2.75, 3.05) is 33.3 Å². The molecule has 2 rings (SSSR count). The van der Waals surface area contributed by atoms with Gasteiger partial charge in [0.05, 0.1) is 26.9 Å². The van der Waals surface area contributed by atoms with Gasteiger partial charge >= 0.3 is 5.97 Å². The molecule has 0 aliphatic heterocycles. The van der Waals surface area contributed by atoms with Crippen LogP contribution < -0.4 is 19.5 Å². The number of hydrogen-bond acceptors (Lipinski definition) is 6. The van der Waals surface area contributed by atoms with E-state index in [-0.39, 0.29) is 5.56 Å². The Morgan fingerprint density at radius 1 is 0.931 bits per heavy atom. The predicted molar refractivity (Wildman–Crippen MR) is 110 cm³/mol. The average molecular weight is 401 g/mol. The molecule has 0 unspecified atom stereocenters. The molecule has 7 heteroatoms. The van der Waals surface area contributed by atoms with E-state index in [9.17, 15) is 9.59 Å². The van der Waals surface area contributed by atoms with E-state index in [0.717, 1.165) is 19.3 Å². The van der Waals surface area contributed by atoms with Crippen LogP contribution >= 0.6 is 0 Å². The molecule has 0 saturated heterocycles. The number of benzene rings is 2. The topological polar surface area (TPSA) is 83.1 Å². The first-order chi connectivity index (χ1) is 14.0. The lowest BCUT2D eigenvalue weighted by molar-refractivity contribution is -0.119. The number of unbranched alkanes of at least 4 members (excludes halogenated alkanes) is 1. The van der Waals surface area contributed by atoms with Crippen molar-refractivity contribution in [2.45, 2.75) is 26.2 Å². The van der Waals surface area contributed by atoms with Gasteiger partial charge in [-0.3, -0.25) is 4.79 Å². The van der Waals surface area contributed by atoms with Crippen molar-refractivity contribution in [3.8, 4) is 17.2 Å². The number of esters is 1. The smallest absolute Gasteiger partial charge is 0.338 e. The molecule has 0 aliphatic carbocycles. The van der Waals surface area contributed by atoms with E-state index in [4.69, 9.17) is 18.9 Å². The van der Waals surface area contributed by atoms with Crippen molar-refractivity contribution in [3.05, 3.63) is 47.5 Å². The summed E-state index contributed by atoms with van der Waals surface area (Å²) < 4.78 is 20.8. The van der Waals surface area contributed by atoms with Gasteiger partial charge in [0.1, 0.15) is 0 Å². The molecule has 0 fully saturated rings. The maximum atomic E-state index is 12.3. The summed E-state index contributed by atoms with van der Waals surface area (Å²) >= 11 is 0. The highest BCUT2D eigenvalue weighted by molar-refractivity contribution is 5.96. The number of carbonyl (C=O) groups is 2. The van der Waals surface area contributed by atoms with Gasteiger partial charge in [-0.15, -0.1) is 0 Å². The summed E-state index contributed by atoms with van der Waals surface area (Å²) in [6.07, 6.45) is 3.27. The molecule has 0 bridgehead atoms. The first kappa shape index (κ1) is 22.1. The van der Waals surface area contributed by atoms with Gasteiger partial charge in [0.2, 0.25) is 5.75 Å². The zero-order valence-corrected chi connectivity index (χ0v) is 17.2. The van der Waals surface area contributed by atoms with E-state index >= 15 is 0 Å². The van der Waals surface area contributed by atoms with Crippen molar-refractivity contribution in [3.63, 3.8) is 0 Å². The van der Waals surface area contributed by atoms with E-state index in [0.29, 0.717) is 22.9 Å². The molecule has 0 spiro atoms. The Hall–Kier alpha value is -3.22. The highest BCUT2D eigenvalue weighted by Crippen LogP contribution is 2.38. The fourth-order valence-electron chi connectivity index (χ4n) is 2.75. The molecule has 0 heterocycles. The van der Waals surface area contributed by atoms with E-state index in [1.54, 1.807) is 0 Å². The predicted octanol–water partition coefficient (Wildman–Crippen LogP) is 3.85. The van der Waals surface area contributed by atoms with E-state index in [2.05, 4.69) is 12.2 Å². The first-order valence-corrected chi connectivity index (χ1v) is 9.38. The summed E-state index contributed by atoms with van der Waals surface area (Å²) in [5.74, 6) is -0.0779. The third-order valence-electron chi connectivity index (χ3n) is 4.29. The van der Waals surface area contributed by atoms with E-state index in [1.807, 2.05) is 24.3 Å². The molecule has 0 atom stereocenters. The Morgan fingerprint density at radius 3 is 2.07 bits per heavy atom. The standard InChI is InChI=1S/C22H27NO6/c1-5-6-7-15-8-10-17(11-9-15)23-20(24)14-29-22(25)16-12-18(26-2)21(28-4)19(13-16)27-3/h8-13H,5-7,14H2,1-4H3,(H,23,24). The number of rotatable bonds is 10. The third kappa shape index (κ3) is 6.14. The second-order valence-electron chi connectivity index (χ2n) is 6.34. The quantitative estimate of drug-likeness (QED) is 0.609. The van der Waals surface area contributed by atoms with Crippen LogP contribution in [0.3, 0.4) is 0 Å². The molecule has 0 saturated carbocycles. The number of ether oxygens (including phenoxy) is 4. The molecule has 2 aromatic carbocycles. The third-order valence-corrected chi connectivity index (χ3v) is 4.29. The maximum Gasteiger partial charge on any atom is 0.338 e. The Balaban J connectivity index is 1.95. The van der Waals surface area contributed by atoms with Crippen molar-refractivity contribution in [1.82, 2.24) is 0 Å². The summed E-state index contributed by atoms with van der Waals surface area (Å²) in [5, 5.41) is 2.71. The number of aryl methyl sites for hydroxylation is 1. The summed E-state index contributed by atoms with van der Waals surface area (Å²) in [5.41, 5.74) is 2.06. The van der Waals surface area contributed by atoms with Crippen LogP contribution in [-0.2, 0) is 16.0 Å². The lowest BCUT2D eigenvalue weighted by Crippen LogP contribution is -2.21. The molecular formula is C22H27NO6. The van der Waals surface area contributed by atoms with Gasteiger partial charge in [-0.1, -0.05) is 25.5 Å². The molecule has 1 N–H and O–H groups in total. The Labute approximate surface area is 170 Å². The van der Waals surface area contributed by atoms with Crippen LogP contribution in [-0.4, -0.2) is 39.8 Å². The summed E-state index contributed by atoms with van der Waals surface area (Å²) in [6.45, 7) is 1.74. The molecule has 156 valence electrons. The van der Waals surface area contributed by atoms with Gasteiger partial charge in [-0.2, -0.15) is 0 Å². The van der Waals surface area contributed by atoms with Crippen molar-refractivity contribution in [2.24, 2.45) is 0 Å². The summed E-state index contributed by atoms with van der Waals surface area (Å²) in [7, 11) is 4.37. The minimum atomic E-state index is -0.672. The van der Waals surface area contributed by atoms with Crippen LogP contribution in [0.1, 0.15) is 35.7 Å². The maximum absolute atomic E-state index is 12.3. The van der Waals surface area contributed by atoms with Crippen molar-refractivity contribution < 1.29 is 28.5 Å². The zero-order valence-electron chi connectivity index (χ0n) is 17.2. The highest BCUT2D eigenvalue weighted by Gasteiger charge is 2.18. The van der Waals surface area contributed by atoms with E-state index in [1.165, 1.54) is 39.0 Å². The fraction of sp³-hybridized carbons (Fsp3) is 0.364. The van der Waals surface area contributed by atoms with Gasteiger partial charge < -0.3 is 24.3 Å². The number of carbonyl (C=O) groups excluding carboxylic acids is 2. The van der Waals surface area contributed by atoms with Crippen molar-refractivity contribution in [1.29, 1.82) is 0 Å². The molecule has 0 aliphatic rings. The van der Waals surface area contributed by atoms with Crippen LogP contribution in [0.2, 0.25) is 0 Å². The number of hydrogen-bond donors (Lipinski definition) is 1. The molecule has 29 heavy (non-hydrogen) atoms. The first-order valence-electron chi connectivity index (χ1n) is 9.38. The second-order valence-corrected chi connectivity index (χ2v) is 6.34. The van der Waals surface area contributed by atoms with Gasteiger partial charge in [0.25, 0.3) is 5.91 Å². The average Bonchev–Trinajstić information content (AvgIpc) is 2.75. The molecule has 1 amide bonds. The lowest BCUT2D eigenvalue weighted by atomic mass is 10.1. The molecular weight excluding hydrogens is 374 g/mol. The second kappa shape index (κ2) is 10.9. The van der Waals surface area contributed by atoms with Crippen LogP contribution in [0.4, 0.5) is 5.69 Å². The molecule has 7 nitrogen and oxygen atoms in total. The number of anilines is 1. The fourth-order valence-corrected chi connectivity index (χ4v) is 2.75. The van der Waals surface area contributed by atoms with Gasteiger partial charge in [-0.25, -0.2) is 4.79 Å². The SMILES string of the molecule is CCCCc1ccc(NC(=O)COC(=O)c2cc(OC)c(OC)c(OC)c2)cc1. The Morgan fingerprint density at radius 2 is 1.55 bits per heavy atom. The number of methoxy groups -OCH3 is 3. The van der Waals surface area contributed by atoms with Crippen LogP contribution in [0.15, 0.2) is 36.4 Å². The summed E-state index contributed by atoms with van der Waals surface area (Å²) in [4.78, 5) is 24.4. The largest absolute Gasteiger partial charge is 0.493 e.